The monoisotopic (exact) mass is 408 g/mol. The van der Waals surface area contributed by atoms with Gasteiger partial charge < -0.3 is 9.42 Å². The van der Waals surface area contributed by atoms with Crippen LogP contribution in [0.25, 0.3) is 11.5 Å². The van der Waals surface area contributed by atoms with Crippen LogP contribution in [-0.4, -0.2) is 48.8 Å². The number of rotatable bonds is 7. The first kappa shape index (κ1) is 20.3. The SMILES string of the molecule is Cc1cc(C)n(CCC(=O)N2CCCC(CCc3noc(-c4ccncc4)n3)C2)n1. The Balaban J connectivity index is 1.26. The highest BCUT2D eigenvalue weighted by Crippen LogP contribution is 2.23. The summed E-state index contributed by atoms with van der Waals surface area (Å²) in [6.45, 7) is 6.30. The molecule has 158 valence electrons. The molecule has 30 heavy (non-hydrogen) atoms. The summed E-state index contributed by atoms with van der Waals surface area (Å²) in [6, 6.07) is 5.75. The first-order chi connectivity index (χ1) is 14.6. The van der Waals surface area contributed by atoms with Gasteiger partial charge >= 0.3 is 0 Å². The predicted octanol–water partition coefficient (Wildman–Crippen LogP) is 3.21. The summed E-state index contributed by atoms with van der Waals surface area (Å²) in [4.78, 5) is 23.2. The van der Waals surface area contributed by atoms with Crippen molar-refractivity contribution in [3.8, 4) is 11.5 Å². The molecule has 1 atom stereocenters. The number of aromatic nitrogens is 5. The second-order valence-electron chi connectivity index (χ2n) is 8.04. The molecule has 0 aromatic carbocycles. The van der Waals surface area contributed by atoms with Gasteiger partial charge in [-0.05, 0) is 57.2 Å². The van der Waals surface area contributed by atoms with Crippen LogP contribution < -0.4 is 0 Å². The smallest absolute Gasteiger partial charge is 0.258 e. The average Bonchev–Trinajstić information content (AvgIpc) is 3.37. The van der Waals surface area contributed by atoms with Crippen LogP contribution in [0.2, 0.25) is 0 Å². The predicted molar refractivity (Wildman–Crippen MR) is 111 cm³/mol. The van der Waals surface area contributed by atoms with E-state index in [1.54, 1.807) is 12.4 Å². The van der Waals surface area contributed by atoms with Gasteiger partial charge in [0.25, 0.3) is 5.89 Å². The van der Waals surface area contributed by atoms with Crippen molar-refractivity contribution in [2.75, 3.05) is 13.1 Å². The summed E-state index contributed by atoms with van der Waals surface area (Å²) < 4.78 is 7.30. The molecule has 8 heteroatoms. The molecule has 1 aliphatic rings. The van der Waals surface area contributed by atoms with E-state index in [0.717, 1.165) is 61.5 Å². The number of carbonyl (C=O) groups is 1. The molecule has 4 heterocycles. The number of aryl methyl sites for hydroxylation is 4. The van der Waals surface area contributed by atoms with Gasteiger partial charge in [-0.1, -0.05) is 5.16 Å². The van der Waals surface area contributed by atoms with Crippen molar-refractivity contribution in [2.45, 2.75) is 52.5 Å². The number of hydrogen-bond acceptors (Lipinski definition) is 6. The highest BCUT2D eigenvalue weighted by Gasteiger charge is 2.24. The van der Waals surface area contributed by atoms with E-state index in [2.05, 4.69) is 20.2 Å². The van der Waals surface area contributed by atoms with Crippen molar-refractivity contribution in [2.24, 2.45) is 5.92 Å². The van der Waals surface area contributed by atoms with Gasteiger partial charge in [0.05, 0.1) is 5.69 Å². The second-order valence-corrected chi connectivity index (χ2v) is 8.04. The molecule has 4 rings (SSSR count). The Morgan fingerprint density at radius 2 is 2.10 bits per heavy atom. The molecule has 0 N–H and O–H groups in total. The molecule has 1 unspecified atom stereocenters. The topological polar surface area (TPSA) is 89.9 Å². The van der Waals surface area contributed by atoms with Gasteiger partial charge in [0.1, 0.15) is 0 Å². The van der Waals surface area contributed by atoms with Crippen molar-refractivity contribution in [3.05, 3.63) is 47.8 Å². The fourth-order valence-electron chi connectivity index (χ4n) is 4.09. The third kappa shape index (κ3) is 4.93. The van der Waals surface area contributed by atoms with Crippen LogP contribution in [0.15, 0.2) is 35.1 Å². The molecule has 1 amide bonds. The van der Waals surface area contributed by atoms with Crippen molar-refractivity contribution in [1.29, 1.82) is 0 Å². The zero-order valence-electron chi connectivity index (χ0n) is 17.6. The molecule has 3 aromatic heterocycles. The maximum Gasteiger partial charge on any atom is 0.258 e. The molecule has 0 radical (unpaired) electrons. The van der Waals surface area contributed by atoms with Crippen molar-refractivity contribution < 1.29 is 9.32 Å². The Labute approximate surface area is 176 Å². The molecule has 0 spiro atoms. The molecule has 0 aliphatic carbocycles. The Bertz CT molecular complexity index is 981. The van der Waals surface area contributed by atoms with Crippen LogP contribution in [0.4, 0.5) is 0 Å². The number of piperidine rings is 1. The minimum atomic E-state index is 0.215. The average molecular weight is 409 g/mol. The Morgan fingerprint density at radius 3 is 2.87 bits per heavy atom. The fraction of sp³-hybridized carbons (Fsp3) is 0.500. The van der Waals surface area contributed by atoms with E-state index in [-0.39, 0.29) is 5.91 Å². The van der Waals surface area contributed by atoms with Gasteiger partial charge in [0.2, 0.25) is 5.91 Å². The number of likely N-dealkylation sites (tertiary alicyclic amines) is 1. The lowest BCUT2D eigenvalue weighted by Gasteiger charge is -2.32. The number of hydrogen-bond donors (Lipinski definition) is 0. The molecule has 8 nitrogen and oxygen atoms in total. The molecule has 0 bridgehead atoms. The summed E-state index contributed by atoms with van der Waals surface area (Å²) in [6.07, 6.45) is 7.81. The van der Waals surface area contributed by atoms with E-state index in [1.807, 2.05) is 41.6 Å². The van der Waals surface area contributed by atoms with Crippen molar-refractivity contribution >= 4 is 5.91 Å². The van der Waals surface area contributed by atoms with Gasteiger partial charge in [-0.15, -0.1) is 0 Å². The number of carbonyl (C=O) groups excluding carboxylic acids is 1. The van der Waals surface area contributed by atoms with Crippen LogP contribution in [0, 0.1) is 19.8 Å². The number of pyridine rings is 1. The molecule has 3 aromatic rings. The molecule has 0 saturated carbocycles. The second kappa shape index (κ2) is 9.19. The summed E-state index contributed by atoms with van der Waals surface area (Å²) in [5, 5.41) is 8.56. The third-order valence-corrected chi connectivity index (χ3v) is 5.68. The van der Waals surface area contributed by atoms with Crippen LogP contribution in [0.1, 0.15) is 42.9 Å². The Morgan fingerprint density at radius 1 is 1.27 bits per heavy atom. The van der Waals surface area contributed by atoms with Crippen molar-refractivity contribution in [1.82, 2.24) is 29.8 Å². The molecule has 1 aliphatic heterocycles. The van der Waals surface area contributed by atoms with Crippen LogP contribution >= 0.6 is 0 Å². The largest absolute Gasteiger partial charge is 0.342 e. The van der Waals surface area contributed by atoms with Crippen LogP contribution in [0.3, 0.4) is 0 Å². The Hall–Kier alpha value is -3.03. The fourth-order valence-corrected chi connectivity index (χ4v) is 4.09. The van der Waals surface area contributed by atoms with E-state index < -0.39 is 0 Å². The van der Waals surface area contributed by atoms with Crippen LogP contribution in [-0.2, 0) is 17.8 Å². The van der Waals surface area contributed by atoms with E-state index in [9.17, 15) is 4.79 Å². The summed E-state index contributed by atoms with van der Waals surface area (Å²) in [5.41, 5.74) is 2.97. The molecule has 1 fully saturated rings. The lowest BCUT2D eigenvalue weighted by Crippen LogP contribution is -2.40. The minimum absolute atomic E-state index is 0.215. The highest BCUT2D eigenvalue weighted by molar-refractivity contribution is 5.76. The first-order valence-corrected chi connectivity index (χ1v) is 10.6. The molecular formula is C22H28N6O2. The highest BCUT2D eigenvalue weighted by atomic mass is 16.5. The normalized spacial score (nSPS) is 16.7. The van der Waals surface area contributed by atoms with Gasteiger partial charge in [-0.25, -0.2) is 0 Å². The summed E-state index contributed by atoms with van der Waals surface area (Å²) in [5.74, 6) is 1.93. The van der Waals surface area contributed by atoms with Crippen molar-refractivity contribution in [3.63, 3.8) is 0 Å². The maximum absolute atomic E-state index is 12.7. The summed E-state index contributed by atoms with van der Waals surface area (Å²) in [7, 11) is 0. The maximum atomic E-state index is 12.7. The molecular weight excluding hydrogens is 380 g/mol. The summed E-state index contributed by atoms with van der Waals surface area (Å²) >= 11 is 0. The zero-order valence-corrected chi connectivity index (χ0v) is 17.6. The third-order valence-electron chi connectivity index (χ3n) is 5.68. The van der Waals surface area contributed by atoms with Gasteiger partial charge in [-0.2, -0.15) is 10.1 Å². The van der Waals surface area contributed by atoms with E-state index >= 15 is 0 Å². The lowest BCUT2D eigenvalue weighted by atomic mass is 9.93. The van der Waals surface area contributed by atoms with Gasteiger partial charge in [-0.3, -0.25) is 14.5 Å². The number of nitrogens with zero attached hydrogens (tertiary/aromatic N) is 6. The van der Waals surface area contributed by atoms with Gasteiger partial charge in [0, 0.05) is 56.1 Å². The van der Waals surface area contributed by atoms with E-state index in [4.69, 9.17) is 4.52 Å². The first-order valence-electron chi connectivity index (χ1n) is 10.6. The molecule has 1 saturated heterocycles. The van der Waals surface area contributed by atoms with E-state index in [0.29, 0.717) is 24.8 Å². The van der Waals surface area contributed by atoms with Gasteiger partial charge in [0.15, 0.2) is 5.82 Å². The standard InChI is InChI=1S/C22H28N6O2/c1-16-14-17(2)28(25-16)13-9-21(29)27-12-3-4-18(15-27)5-6-20-24-22(30-26-20)19-7-10-23-11-8-19/h7-8,10-11,14,18H,3-6,9,12-13,15H2,1-2H3. The quantitative estimate of drug-likeness (QED) is 0.596. The Kier molecular flexibility index (Phi) is 6.21. The minimum Gasteiger partial charge on any atom is -0.342 e. The van der Waals surface area contributed by atoms with Crippen LogP contribution in [0.5, 0.6) is 0 Å². The lowest BCUT2D eigenvalue weighted by molar-refractivity contribution is -0.133. The number of amides is 1. The zero-order chi connectivity index (χ0) is 20.9. The van der Waals surface area contributed by atoms with E-state index in [1.165, 1.54) is 0 Å².